The summed E-state index contributed by atoms with van der Waals surface area (Å²) in [7, 11) is 1.76. The van der Waals surface area contributed by atoms with E-state index in [-0.39, 0.29) is 17.9 Å². The number of carbonyl (C=O) groups excluding carboxylic acids is 2. The lowest BCUT2D eigenvalue weighted by atomic mass is 9.96. The fourth-order valence-electron chi connectivity index (χ4n) is 3.98. The van der Waals surface area contributed by atoms with Gasteiger partial charge in [0.25, 0.3) is 5.91 Å². The van der Waals surface area contributed by atoms with E-state index in [1.807, 2.05) is 50.8 Å². The molecule has 1 N–H and O–H groups in total. The molecule has 2 amide bonds. The smallest absolute Gasteiger partial charge is 0.410 e. The number of hydrogen-bond donors (Lipinski definition) is 1. The average molecular weight is 400 g/mol. The maximum Gasteiger partial charge on any atom is 0.410 e. The number of amides is 2. The highest BCUT2D eigenvalue weighted by atomic mass is 16.6. The molecule has 0 saturated carbocycles. The van der Waals surface area contributed by atoms with Crippen LogP contribution in [0, 0.1) is 19.8 Å². The molecule has 158 valence electrons. The fraction of sp³-hybridized carbons (Fsp3) is 0.565. The first-order chi connectivity index (χ1) is 13.5. The number of fused-ring (bicyclic) bond motifs is 1. The van der Waals surface area contributed by atoms with Gasteiger partial charge in [0.1, 0.15) is 5.60 Å². The van der Waals surface area contributed by atoms with E-state index < -0.39 is 5.60 Å². The van der Waals surface area contributed by atoms with Gasteiger partial charge >= 0.3 is 6.09 Å². The van der Waals surface area contributed by atoms with Crippen molar-refractivity contribution in [3.05, 3.63) is 35.0 Å². The standard InChI is InChI=1S/C23H33N3O3/c1-15-16(2)24-20-10-9-18(12-19(15)20)21(27)26-11-7-8-17(14-26)13-25(6)22(28)29-23(3,4)5/h9-10,12,17,24H,7-8,11,13-14H2,1-6H3. The van der Waals surface area contributed by atoms with Gasteiger partial charge in [-0.25, -0.2) is 4.79 Å². The highest BCUT2D eigenvalue weighted by molar-refractivity contribution is 5.99. The molecule has 1 aromatic carbocycles. The Balaban J connectivity index is 1.66. The summed E-state index contributed by atoms with van der Waals surface area (Å²) in [4.78, 5) is 32.3. The fourth-order valence-corrected chi connectivity index (χ4v) is 3.98. The summed E-state index contributed by atoms with van der Waals surface area (Å²) in [5, 5.41) is 1.10. The molecule has 29 heavy (non-hydrogen) atoms. The minimum atomic E-state index is -0.507. The Morgan fingerprint density at radius 3 is 2.69 bits per heavy atom. The molecule has 1 aliphatic heterocycles. The molecule has 1 saturated heterocycles. The normalized spacial score (nSPS) is 17.4. The van der Waals surface area contributed by atoms with Gasteiger partial charge in [-0.05, 0) is 77.1 Å². The van der Waals surface area contributed by atoms with Crippen LogP contribution in [0.5, 0.6) is 0 Å². The molecule has 2 aromatic rings. The van der Waals surface area contributed by atoms with Crippen molar-refractivity contribution in [3.63, 3.8) is 0 Å². The van der Waals surface area contributed by atoms with E-state index >= 15 is 0 Å². The van der Waals surface area contributed by atoms with Crippen LogP contribution in [-0.4, -0.2) is 59.1 Å². The number of aromatic amines is 1. The lowest BCUT2D eigenvalue weighted by Gasteiger charge is -2.35. The van der Waals surface area contributed by atoms with E-state index in [4.69, 9.17) is 4.74 Å². The van der Waals surface area contributed by atoms with E-state index in [0.29, 0.717) is 13.1 Å². The second-order valence-electron chi connectivity index (χ2n) is 9.26. The number of H-pyrrole nitrogens is 1. The van der Waals surface area contributed by atoms with Crippen molar-refractivity contribution in [3.8, 4) is 0 Å². The molecule has 1 atom stereocenters. The minimum Gasteiger partial charge on any atom is -0.444 e. The number of aryl methyl sites for hydroxylation is 2. The number of nitrogens with one attached hydrogen (secondary N) is 1. The van der Waals surface area contributed by atoms with Crippen LogP contribution in [0.2, 0.25) is 0 Å². The zero-order valence-corrected chi connectivity index (χ0v) is 18.5. The summed E-state index contributed by atoms with van der Waals surface area (Å²) in [5.41, 5.74) is 3.60. The third-order valence-electron chi connectivity index (χ3n) is 5.60. The van der Waals surface area contributed by atoms with Gasteiger partial charge in [0.2, 0.25) is 0 Å². The molecule has 0 aliphatic carbocycles. The van der Waals surface area contributed by atoms with Crippen LogP contribution in [0.25, 0.3) is 10.9 Å². The molecule has 0 spiro atoms. The van der Waals surface area contributed by atoms with E-state index in [1.165, 1.54) is 5.56 Å². The van der Waals surface area contributed by atoms with Crippen LogP contribution < -0.4 is 0 Å². The van der Waals surface area contributed by atoms with Gasteiger partial charge < -0.3 is 19.5 Å². The van der Waals surface area contributed by atoms with Crippen molar-refractivity contribution < 1.29 is 14.3 Å². The maximum atomic E-state index is 13.1. The lowest BCUT2D eigenvalue weighted by molar-refractivity contribution is 0.0244. The minimum absolute atomic E-state index is 0.0646. The molecule has 0 radical (unpaired) electrons. The Kier molecular flexibility index (Phi) is 5.92. The predicted molar refractivity (Wildman–Crippen MR) is 115 cm³/mol. The number of rotatable bonds is 3. The van der Waals surface area contributed by atoms with Crippen molar-refractivity contribution in [1.29, 1.82) is 0 Å². The van der Waals surface area contributed by atoms with Crippen molar-refractivity contribution in [1.82, 2.24) is 14.8 Å². The summed E-state index contributed by atoms with van der Waals surface area (Å²) in [5.74, 6) is 0.319. The van der Waals surface area contributed by atoms with Gasteiger partial charge in [-0.1, -0.05) is 0 Å². The van der Waals surface area contributed by atoms with E-state index in [2.05, 4.69) is 11.9 Å². The molecule has 1 aliphatic rings. The second kappa shape index (κ2) is 8.09. The Labute approximate surface area is 173 Å². The maximum absolute atomic E-state index is 13.1. The number of aromatic nitrogens is 1. The molecule has 6 heteroatoms. The van der Waals surface area contributed by atoms with Gasteiger partial charge in [-0.3, -0.25) is 4.79 Å². The van der Waals surface area contributed by atoms with Crippen LogP contribution in [-0.2, 0) is 4.74 Å². The summed E-state index contributed by atoms with van der Waals surface area (Å²) in [6.45, 7) is 11.7. The number of benzene rings is 1. The Bertz CT molecular complexity index is 910. The Morgan fingerprint density at radius 1 is 1.28 bits per heavy atom. The Morgan fingerprint density at radius 2 is 2.00 bits per heavy atom. The average Bonchev–Trinajstić information content (AvgIpc) is 2.93. The summed E-state index contributed by atoms with van der Waals surface area (Å²) >= 11 is 0. The highest BCUT2D eigenvalue weighted by Gasteiger charge is 2.28. The molecule has 1 fully saturated rings. The van der Waals surface area contributed by atoms with E-state index in [9.17, 15) is 9.59 Å². The van der Waals surface area contributed by atoms with Crippen LogP contribution >= 0.6 is 0 Å². The van der Waals surface area contributed by atoms with Gasteiger partial charge in [0, 0.05) is 48.8 Å². The van der Waals surface area contributed by atoms with Crippen molar-refractivity contribution >= 4 is 22.9 Å². The highest BCUT2D eigenvalue weighted by Crippen LogP contribution is 2.25. The molecule has 6 nitrogen and oxygen atoms in total. The molecule has 1 unspecified atom stereocenters. The topological polar surface area (TPSA) is 65.6 Å². The van der Waals surface area contributed by atoms with Crippen LogP contribution in [0.15, 0.2) is 18.2 Å². The number of nitrogens with zero attached hydrogens (tertiary/aromatic N) is 2. The van der Waals surface area contributed by atoms with Crippen molar-refractivity contribution in [2.75, 3.05) is 26.7 Å². The summed E-state index contributed by atoms with van der Waals surface area (Å²) in [6, 6.07) is 5.88. The third-order valence-corrected chi connectivity index (χ3v) is 5.60. The monoisotopic (exact) mass is 399 g/mol. The molecule has 1 aromatic heterocycles. The first-order valence-corrected chi connectivity index (χ1v) is 10.4. The van der Waals surface area contributed by atoms with E-state index in [0.717, 1.165) is 41.5 Å². The lowest BCUT2D eigenvalue weighted by Crippen LogP contribution is -2.45. The van der Waals surface area contributed by atoms with Gasteiger partial charge in [0.15, 0.2) is 0 Å². The number of piperidine rings is 1. The van der Waals surface area contributed by atoms with Gasteiger partial charge in [-0.15, -0.1) is 0 Å². The van der Waals surface area contributed by atoms with E-state index in [1.54, 1.807) is 11.9 Å². The van der Waals surface area contributed by atoms with Crippen molar-refractivity contribution in [2.45, 2.75) is 53.1 Å². The summed E-state index contributed by atoms with van der Waals surface area (Å²) < 4.78 is 5.44. The second-order valence-corrected chi connectivity index (χ2v) is 9.26. The molecular formula is C23H33N3O3. The first kappa shape index (κ1) is 21.2. The van der Waals surface area contributed by atoms with Crippen LogP contribution in [0.4, 0.5) is 4.79 Å². The quantitative estimate of drug-likeness (QED) is 0.826. The zero-order chi connectivity index (χ0) is 21.3. The van der Waals surface area contributed by atoms with Crippen LogP contribution in [0.1, 0.15) is 55.2 Å². The largest absolute Gasteiger partial charge is 0.444 e. The van der Waals surface area contributed by atoms with Gasteiger partial charge in [-0.2, -0.15) is 0 Å². The number of carbonyl (C=O) groups is 2. The van der Waals surface area contributed by atoms with Gasteiger partial charge in [0.05, 0.1) is 0 Å². The first-order valence-electron chi connectivity index (χ1n) is 10.4. The Hall–Kier alpha value is -2.50. The third kappa shape index (κ3) is 4.92. The molecule has 3 rings (SSSR count). The number of hydrogen-bond acceptors (Lipinski definition) is 3. The number of likely N-dealkylation sites (tertiary alicyclic amines) is 1. The number of ether oxygens (including phenoxy) is 1. The predicted octanol–water partition coefficient (Wildman–Crippen LogP) is 4.50. The molecule has 2 heterocycles. The van der Waals surface area contributed by atoms with Crippen LogP contribution in [0.3, 0.4) is 0 Å². The molecule has 0 bridgehead atoms. The SMILES string of the molecule is Cc1[nH]c2ccc(C(=O)N3CCCC(CN(C)C(=O)OC(C)(C)C)C3)cc2c1C. The zero-order valence-electron chi connectivity index (χ0n) is 18.5. The summed E-state index contributed by atoms with van der Waals surface area (Å²) in [6.07, 6.45) is 1.64. The van der Waals surface area contributed by atoms with Crippen molar-refractivity contribution in [2.24, 2.45) is 5.92 Å². The molecular weight excluding hydrogens is 366 g/mol.